The van der Waals surface area contributed by atoms with E-state index in [1.54, 1.807) is 6.92 Å². The van der Waals surface area contributed by atoms with E-state index < -0.39 is 45.0 Å². The highest BCUT2D eigenvalue weighted by molar-refractivity contribution is 7.85. The van der Waals surface area contributed by atoms with Crippen LogP contribution < -0.4 is 21.1 Å². The van der Waals surface area contributed by atoms with Crippen LogP contribution in [0.2, 0.25) is 0 Å². The number of aryl methyl sites for hydroxylation is 1. The average Bonchev–Trinajstić information content (AvgIpc) is 3.69. The van der Waals surface area contributed by atoms with Gasteiger partial charge in [0.25, 0.3) is 10.1 Å². The third-order valence-corrected chi connectivity index (χ3v) is 12.4. The number of fused-ring (bicyclic) bond motifs is 3. The van der Waals surface area contributed by atoms with E-state index >= 15 is 4.39 Å². The number of carboxylic acid groups (broad SMARTS) is 1. The summed E-state index contributed by atoms with van der Waals surface area (Å²) < 4.78 is 51.9. The fourth-order valence-corrected chi connectivity index (χ4v) is 9.86. The predicted molar refractivity (Wildman–Crippen MR) is 178 cm³/mol. The second-order valence-corrected chi connectivity index (χ2v) is 16.2. The Balaban J connectivity index is 0.000000259. The SMILES string of the molecule is CC1(C)C2CCC1(CS(=O)(=O)O)C(=O)C2.Cc1nc(NNC(=O)[C@H](CNC(=O)O)CC2CCCC2)c(F)c(N2CCN3CCOC[C@H]3C2)n1. The summed E-state index contributed by atoms with van der Waals surface area (Å²) in [5.41, 5.74) is 4.04. The van der Waals surface area contributed by atoms with Gasteiger partial charge in [-0.3, -0.25) is 29.9 Å². The molecule has 15 nitrogen and oxygen atoms in total. The van der Waals surface area contributed by atoms with E-state index in [0.29, 0.717) is 50.7 Å². The number of nitrogens with one attached hydrogen (secondary N) is 3. The Labute approximate surface area is 286 Å². The second-order valence-electron chi connectivity index (χ2n) is 14.7. The molecular formula is C32H50FN7O8S. The van der Waals surface area contributed by atoms with Crippen LogP contribution in [0.4, 0.5) is 20.8 Å². The highest BCUT2D eigenvalue weighted by Crippen LogP contribution is 2.64. The van der Waals surface area contributed by atoms with E-state index in [1.165, 1.54) is 0 Å². The van der Waals surface area contributed by atoms with Gasteiger partial charge in [-0.15, -0.1) is 0 Å². The van der Waals surface area contributed by atoms with Crippen molar-refractivity contribution in [3.05, 3.63) is 11.6 Å². The van der Waals surface area contributed by atoms with Crippen LogP contribution in [0.1, 0.15) is 71.0 Å². The summed E-state index contributed by atoms with van der Waals surface area (Å²) in [6.45, 7) is 9.81. The second kappa shape index (κ2) is 15.0. The molecule has 1 aromatic rings. The molecule has 274 valence electrons. The summed E-state index contributed by atoms with van der Waals surface area (Å²) in [6, 6.07) is 0.186. The Bertz CT molecular complexity index is 1510. The van der Waals surface area contributed by atoms with Gasteiger partial charge in [0, 0.05) is 39.1 Å². The highest BCUT2D eigenvalue weighted by atomic mass is 32.2. The van der Waals surface area contributed by atoms with Gasteiger partial charge in [-0.05, 0) is 43.4 Å². The topological polar surface area (TPSA) is 203 Å². The summed E-state index contributed by atoms with van der Waals surface area (Å²) in [6.07, 6.45) is 5.69. The van der Waals surface area contributed by atoms with Gasteiger partial charge in [-0.1, -0.05) is 39.5 Å². The lowest BCUT2D eigenvalue weighted by Crippen LogP contribution is -2.58. The molecule has 1 aromatic heterocycles. The van der Waals surface area contributed by atoms with Gasteiger partial charge in [0.1, 0.15) is 11.6 Å². The summed E-state index contributed by atoms with van der Waals surface area (Å²) in [5, 5.41) is 11.3. The number of piperazine rings is 1. The van der Waals surface area contributed by atoms with Crippen molar-refractivity contribution < 1.29 is 41.6 Å². The number of ether oxygens (including phenoxy) is 1. The number of anilines is 2. The third-order valence-electron chi connectivity index (χ3n) is 11.5. The lowest BCUT2D eigenvalue weighted by atomic mass is 9.70. The smallest absolute Gasteiger partial charge is 0.404 e. The maximum absolute atomic E-state index is 15.4. The molecule has 3 saturated carbocycles. The Morgan fingerprint density at radius 1 is 1.14 bits per heavy atom. The van der Waals surface area contributed by atoms with E-state index in [9.17, 15) is 22.8 Å². The van der Waals surface area contributed by atoms with Gasteiger partial charge in [-0.2, -0.15) is 12.8 Å². The molecule has 2 bridgehead atoms. The zero-order valence-corrected chi connectivity index (χ0v) is 29.4. The van der Waals surface area contributed by atoms with Crippen molar-refractivity contribution in [2.75, 3.05) is 62.0 Å². The van der Waals surface area contributed by atoms with Crippen molar-refractivity contribution >= 4 is 39.5 Å². The number of hydrogen-bond acceptors (Lipinski definition) is 11. The summed E-state index contributed by atoms with van der Waals surface area (Å²) >= 11 is 0. The summed E-state index contributed by atoms with van der Waals surface area (Å²) in [7, 11) is -4.08. The first-order valence-electron chi connectivity index (χ1n) is 17.2. The monoisotopic (exact) mass is 711 g/mol. The molecule has 5 N–H and O–H groups in total. The molecule has 0 spiro atoms. The van der Waals surface area contributed by atoms with E-state index in [0.717, 1.165) is 51.8 Å². The first-order chi connectivity index (χ1) is 23.1. The number of halogens is 1. The number of carbonyl (C=O) groups is 3. The van der Waals surface area contributed by atoms with Gasteiger partial charge in [0.05, 0.1) is 36.3 Å². The maximum atomic E-state index is 15.4. The number of hydrazine groups is 1. The quantitative estimate of drug-likeness (QED) is 0.175. The standard InChI is InChI=1S/C22H34FN7O4.C10H16O4S/c1-14-25-19(18(23)20(26-14)30-7-6-29-8-9-34-13-17(29)12-30)27-28-21(31)16(11-24-22(32)33)10-15-4-2-3-5-15;1-9(2)7-3-4-10(9,8(11)5-7)6-15(12,13)14/h15-17,24H,2-13H2,1H3,(H,28,31)(H,32,33)(H,25,26,27);7H,3-6H2,1-2H3,(H,12,13,14)/t16-,17+;/m0./s1. The molecule has 2 saturated heterocycles. The molecule has 17 heteroatoms. The molecule has 2 aliphatic heterocycles. The number of aromatic nitrogens is 2. The molecule has 4 atom stereocenters. The van der Waals surface area contributed by atoms with Crippen molar-refractivity contribution in [1.82, 2.24) is 25.6 Å². The van der Waals surface area contributed by atoms with Crippen molar-refractivity contribution in [2.24, 2.45) is 28.6 Å². The number of rotatable bonds is 10. The lowest BCUT2D eigenvalue weighted by molar-refractivity contribution is -0.128. The highest BCUT2D eigenvalue weighted by Gasteiger charge is 2.65. The molecule has 6 rings (SSSR count). The Morgan fingerprint density at radius 3 is 2.51 bits per heavy atom. The first kappa shape index (κ1) is 37.1. The maximum Gasteiger partial charge on any atom is 0.404 e. The number of amides is 2. The molecular weight excluding hydrogens is 661 g/mol. The van der Waals surface area contributed by atoms with Crippen molar-refractivity contribution in [1.29, 1.82) is 0 Å². The molecule has 5 aliphatic rings. The molecule has 0 aromatic carbocycles. The zero-order chi connectivity index (χ0) is 35.6. The zero-order valence-electron chi connectivity index (χ0n) is 28.5. The number of carbonyl (C=O) groups excluding carboxylic acids is 2. The summed E-state index contributed by atoms with van der Waals surface area (Å²) in [5.74, 6) is -0.831. The van der Waals surface area contributed by atoms with Gasteiger partial charge < -0.3 is 20.1 Å². The predicted octanol–water partition coefficient (Wildman–Crippen LogP) is 2.62. The molecule has 49 heavy (non-hydrogen) atoms. The minimum Gasteiger partial charge on any atom is -0.465 e. The molecule has 2 unspecified atom stereocenters. The number of ketones is 1. The van der Waals surface area contributed by atoms with E-state index in [1.807, 2.05) is 18.7 Å². The number of morpholine rings is 1. The van der Waals surface area contributed by atoms with Crippen LogP contribution in [-0.4, -0.2) is 108 Å². The number of hydrogen-bond donors (Lipinski definition) is 5. The van der Waals surface area contributed by atoms with Crippen LogP contribution >= 0.6 is 0 Å². The van der Waals surface area contributed by atoms with Crippen LogP contribution in [0.25, 0.3) is 0 Å². The molecule has 5 fully saturated rings. The number of nitrogens with zero attached hydrogens (tertiary/aromatic N) is 4. The normalized spacial score (nSPS) is 27.2. The lowest BCUT2D eigenvalue weighted by Gasteiger charge is -2.44. The van der Waals surface area contributed by atoms with Gasteiger partial charge in [-0.25, -0.2) is 14.8 Å². The van der Waals surface area contributed by atoms with E-state index in [-0.39, 0.29) is 41.3 Å². The van der Waals surface area contributed by atoms with Crippen LogP contribution in [-0.2, 0) is 24.4 Å². The molecule has 3 aliphatic carbocycles. The average molecular weight is 712 g/mol. The first-order valence-corrected chi connectivity index (χ1v) is 18.8. The minimum atomic E-state index is -4.08. The van der Waals surface area contributed by atoms with Crippen molar-refractivity contribution in [3.63, 3.8) is 0 Å². The van der Waals surface area contributed by atoms with Crippen LogP contribution in [0, 0.1) is 41.3 Å². The molecule has 2 amide bonds. The largest absolute Gasteiger partial charge is 0.465 e. The van der Waals surface area contributed by atoms with Gasteiger partial charge in [0.2, 0.25) is 11.7 Å². The summed E-state index contributed by atoms with van der Waals surface area (Å²) in [4.78, 5) is 48.4. The number of Topliss-reactive ketones (excluding diaryl/α,β-unsaturated/α-hetero) is 1. The minimum absolute atomic E-state index is 0.00359. The van der Waals surface area contributed by atoms with Crippen LogP contribution in [0.5, 0.6) is 0 Å². The third kappa shape index (κ3) is 8.43. The molecule has 3 heterocycles. The van der Waals surface area contributed by atoms with Crippen molar-refractivity contribution in [2.45, 2.75) is 78.2 Å². The molecule has 0 radical (unpaired) electrons. The fraction of sp³-hybridized carbons (Fsp3) is 0.781. The van der Waals surface area contributed by atoms with Gasteiger partial charge in [0.15, 0.2) is 11.6 Å². The van der Waals surface area contributed by atoms with E-state index in [4.69, 9.17) is 14.4 Å². The fourth-order valence-electron chi connectivity index (χ4n) is 8.56. The van der Waals surface area contributed by atoms with Crippen molar-refractivity contribution in [3.8, 4) is 0 Å². The Morgan fingerprint density at radius 2 is 1.88 bits per heavy atom. The Kier molecular flexibility index (Phi) is 11.4. The van der Waals surface area contributed by atoms with Gasteiger partial charge >= 0.3 is 6.09 Å². The van der Waals surface area contributed by atoms with E-state index in [2.05, 4.69) is 31.0 Å². The Hall–Kier alpha value is -3.15. The van der Waals surface area contributed by atoms with Crippen LogP contribution in [0.3, 0.4) is 0 Å². The van der Waals surface area contributed by atoms with Crippen LogP contribution in [0.15, 0.2) is 0 Å².